The topological polar surface area (TPSA) is 102 Å². The monoisotopic (exact) mass is 648 g/mol. The molecule has 0 aliphatic rings. The molecule has 11 heteroatoms. The van der Waals surface area contributed by atoms with Crippen molar-refractivity contribution in [1.29, 1.82) is 0 Å². The van der Waals surface area contributed by atoms with Crippen LogP contribution in [0, 0.1) is 0 Å². The molecular formula is C33H30Cl2N4O4S. The largest absolute Gasteiger partial charge is 0.468 e. The molecular weight excluding hydrogens is 619 g/mol. The number of hydrogen-bond acceptors (Lipinski definition) is 6. The Hall–Kier alpha value is -4.31. The van der Waals surface area contributed by atoms with Crippen LogP contribution in [0.25, 0.3) is 22.4 Å². The number of hydrogen-bond donors (Lipinski definition) is 2. The maximum Gasteiger partial charge on any atom is 0.325 e. The van der Waals surface area contributed by atoms with E-state index < -0.39 is 10.0 Å². The van der Waals surface area contributed by atoms with Gasteiger partial charge in [-0.05, 0) is 64.7 Å². The molecule has 0 bridgehead atoms. The molecule has 0 fully saturated rings. The van der Waals surface area contributed by atoms with Crippen LogP contribution in [-0.4, -0.2) is 43.8 Å². The molecule has 0 spiro atoms. The summed E-state index contributed by atoms with van der Waals surface area (Å²) in [5.41, 5.74) is 6.83. The molecule has 0 unspecified atom stereocenters. The summed E-state index contributed by atoms with van der Waals surface area (Å²) in [7, 11) is -2.01. The SMILES string of the molecule is COC(=O)CNc1ccc(Cn2cc(-c3ccc(Cl)cc3Cl)nc2Cc2ccc(-c3cccc(NS(C)(=O)=O)c3)cc2)cc1. The van der Waals surface area contributed by atoms with E-state index in [-0.39, 0.29) is 12.5 Å². The van der Waals surface area contributed by atoms with Gasteiger partial charge in [0.25, 0.3) is 0 Å². The first-order valence-corrected chi connectivity index (χ1v) is 16.3. The average Bonchev–Trinajstić information content (AvgIpc) is 3.37. The number of carbonyl (C=O) groups is 1. The van der Waals surface area contributed by atoms with Crippen LogP contribution in [0.3, 0.4) is 0 Å². The summed E-state index contributed by atoms with van der Waals surface area (Å²) in [4.78, 5) is 16.4. The molecule has 226 valence electrons. The number of sulfonamides is 1. The number of ether oxygens (including phenoxy) is 1. The lowest BCUT2D eigenvalue weighted by atomic mass is 10.0. The third-order valence-corrected chi connectivity index (χ3v) is 8.01. The van der Waals surface area contributed by atoms with Crippen molar-refractivity contribution < 1.29 is 17.9 Å². The van der Waals surface area contributed by atoms with Gasteiger partial charge in [0.05, 0.1) is 24.1 Å². The fourth-order valence-corrected chi connectivity index (χ4v) is 5.76. The minimum Gasteiger partial charge on any atom is -0.468 e. The first kappa shape index (κ1) is 31.1. The van der Waals surface area contributed by atoms with Crippen LogP contribution in [-0.2, 0) is 32.5 Å². The third-order valence-electron chi connectivity index (χ3n) is 6.85. The second kappa shape index (κ2) is 13.5. The summed E-state index contributed by atoms with van der Waals surface area (Å²) < 4.78 is 32.6. The van der Waals surface area contributed by atoms with Gasteiger partial charge in [0.2, 0.25) is 10.0 Å². The minimum absolute atomic E-state index is 0.0918. The van der Waals surface area contributed by atoms with Crippen LogP contribution in [0.15, 0.2) is 97.2 Å². The number of imidazole rings is 1. The standard InChI is InChI=1S/C33H30Cl2N4O4S/c1-43-33(40)19-36-27-13-8-23(9-14-27)20-39-21-31(29-15-12-26(34)18-30(29)35)37-32(39)16-22-6-10-24(11-7-22)25-4-3-5-28(17-25)38-44(2,41)42/h3-15,17-18,21,36,38H,16,19-20H2,1-2H3. The van der Waals surface area contributed by atoms with Crippen molar-refractivity contribution in [2.45, 2.75) is 13.0 Å². The van der Waals surface area contributed by atoms with E-state index in [0.717, 1.165) is 51.3 Å². The molecule has 4 aromatic carbocycles. The zero-order valence-electron chi connectivity index (χ0n) is 24.1. The molecule has 44 heavy (non-hydrogen) atoms. The third kappa shape index (κ3) is 8.19. The molecule has 0 amide bonds. The highest BCUT2D eigenvalue weighted by Gasteiger charge is 2.14. The van der Waals surface area contributed by atoms with Gasteiger partial charge in [-0.25, -0.2) is 13.4 Å². The van der Waals surface area contributed by atoms with Crippen molar-refractivity contribution in [2.75, 3.05) is 29.9 Å². The van der Waals surface area contributed by atoms with Gasteiger partial charge in [-0.15, -0.1) is 0 Å². The Morgan fingerprint density at radius 3 is 2.30 bits per heavy atom. The molecule has 0 radical (unpaired) electrons. The van der Waals surface area contributed by atoms with Crippen molar-refractivity contribution in [3.63, 3.8) is 0 Å². The first-order chi connectivity index (χ1) is 21.1. The van der Waals surface area contributed by atoms with E-state index in [4.69, 9.17) is 28.2 Å². The summed E-state index contributed by atoms with van der Waals surface area (Å²) in [5, 5.41) is 4.12. The Kier molecular flexibility index (Phi) is 9.58. The van der Waals surface area contributed by atoms with Crippen molar-refractivity contribution in [3.05, 3.63) is 124 Å². The van der Waals surface area contributed by atoms with E-state index in [0.29, 0.717) is 28.7 Å². The van der Waals surface area contributed by atoms with E-state index >= 15 is 0 Å². The quantitative estimate of drug-likeness (QED) is 0.148. The smallest absolute Gasteiger partial charge is 0.325 e. The molecule has 1 aromatic heterocycles. The number of rotatable bonds is 11. The van der Waals surface area contributed by atoms with E-state index in [1.54, 1.807) is 24.3 Å². The molecule has 5 rings (SSSR count). The lowest BCUT2D eigenvalue weighted by Gasteiger charge is -2.11. The number of methoxy groups -OCH3 is 1. The molecule has 8 nitrogen and oxygen atoms in total. The number of anilines is 2. The number of esters is 1. The van der Waals surface area contributed by atoms with Crippen LogP contribution in [0.2, 0.25) is 10.0 Å². The van der Waals surface area contributed by atoms with E-state index in [1.165, 1.54) is 7.11 Å². The normalized spacial score (nSPS) is 11.3. The second-order valence-electron chi connectivity index (χ2n) is 10.2. The number of benzene rings is 4. The van der Waals surface area contributed by atoms with E-state index in [1.807, 2.05) is 72.9 Å². The Bertz CT molecular complexity index is 1890. The van der Waals surface area contributed by atoms with Crippen LogP contribution < -0.4 is 10.0 Å². The zero-order chi connectivity index (χ0) is 31.3. The fourth-order valence-electron chi connectivity index (χ4n) is 4.70. The molecule has 2 N–H and O–H groups in total. The number of aromatic nitrogens is 2. The van der Waals surface area contributed by atoms with Gasteiger partial charge in [-0.2, -0.15) is 0 Å². The number of halogens is 2. The minimum atomic E-state index is -3.37. The predicted octanol–water partition coefficient (Wildman–Crippen LogP) is 7.12. The lowest BCUT2D eigenvalue weighted by Crippen LogP contribution is -2.14. The molecule has 0 saturated carbocycles. The first-order valence-electron chi connectivity index (χ1n) is 13.6. The van der Waals surface area contributed by atoms with Gasteiger partial charge >= 0.3 is 5.97 Å². The Morgan fingerprint density at radius 2 is 1.61 bits per heavy atom. The number of nitrogens with zero attached hydrogens (tertiary/aromatic N) is 2. The molecule has 0 aliphatic heterocycles. The van der Waals surface area contributed by atoms with Crippen molar-refractivity contribution in [1.82, 2.24) is 9.55 Å². The lowest BCUT2D eigenvalue weighted by molar-refractivity contribution is -0.138. The average molecular weight is 650 g/mol. The Morgan fingerprint density at radius 1 is 0.886 bits per heavy atom. The predicted molar refractivity (Wildman–Crippen MR) is 177 cm³/mol. The van der Waals surface area contributed by atoms with Gasteiger partial charge < -0.3 is 14.6 Å². The van der Waals surface area contributed by atoms with Gasteiger partial charge in [0.1, 0.15) is 12.4 Å². The highest BCUT2D eigenvalue weighted by molar-refractivity contribution is 7.92. The molecule has 0 saturated heterocycles. The zero-order valence-corrected chi connectivity index (χ0v) is 26.4. The van der Waals surface area contributed by atoms with Crippen LogP contribution in [0.1, 0.15) is 17.0 Å². The van der Waals surface area contributed by atoms with Gasteiger partial charge in [0, 0.05) is 41.1 Å². The van der Waals surface area contributed by atoms with Crippen LogP contribution in [0.4, 0.5) is 11.4 Å². The Balaban J connectivity index is 1.40. The maximum absolute atomic E-state index is 11.7. The molecule has 1 heterocycles. The van der Waals surface area contributed by atoms with Crippen LogP contribution in [0.5, 0.6) is 0 Å². The van der Waals surface area contributed by atoms with Gasteiger partial charge in [-0.3, -0.25) is 9.52 Å². The van der Waals surface area contributed by atoms with Crippen molar-refractivity contribution in [3.8, 4) is 22.4 Å². The highest BCUT2D eigenvalue weighted by Crippen LogP contribution is 2.31. The summed E-state index contributed by atoms with van der Waals surface area (Å²) in [6.45, 7) is 0.664. The van der Waals surface area contributed by atoms with Crippen LogP contribution >= 0.6 is 23.2 Å². The summed E-state index contributed by atoms with van der Waals surface area (Å²) in [5.74, 6) is 0.516. The Labute approximate surface area is 266 Å². The van der Waals surface area contributed by atoms with Crippen molar-refractivity contribution in [2.24, 2.45) is 0 Å². The van der Waals surface area contributed by atoms with E-state index in [2.05, 4.69) is 19.3 Å². The van der Waals surface area contributed by atoms with Crippen molar-refractivity contribution >= 4 is 50.6 Å². The molecule has 0 aliphatic carbocycles. The maximum atomic E-state index is 11.7. The summed E-state index contributed by atoms with van der Waals surface area (Å²) in [6.07, 6.45) is 3.69. The fraction of sp³-hybridized carbons (Fsp3) is 0.152. The number of carbonyl (C=O) groups excluding carboxylic acids is 1. The second-order valence-corrected chi connectivity index (χ2v) is 12.8. The van der Waals surface area contributed by atoms with Gasteiger partial charge in [-0.1, -0.05) is 71.7 Å². The van der Waals surface area contributed by atoms with E-state index in [9.17, 15) is 13.2 Å². The molecule has 5 aromatic rings. The summed E-state index contributed by atoms with van der Waals surface area (Å²) >= 11 is 12.7. The highest BCUT2D eigenvalue weighted by atomic mass is 35.5. The molecule has 0 atom stereocenters. The van der Waals surface area contributed by atoms with Gasteiger partial charge in [0.15, 0.2) is 0 Å². The summed E-state index contributed by atoms with van der Waals surface area (Å²) in [6, 6.07) is 28.6. The number of nitrogens with one attached hydrogen (secondary N) is 2.